The molecule has 2 saturated carbocycles. The average Bonchev–Trinajstić information content (AvgIpc) is 2.51. The van der Waals surface area contributed by atoms with Gasteiger partial charge < -0.3 is 10.2 Å². The fraction of sp³-hybridized carbons (Fsp3) is 0.667. The van der Waals surface area contributed by atoms with Crippen LogP contribution < -0.4 is 0 Å². The molecule has 0 aliphatic heterocycles. The van der Waals surface area contributed by atoms with Crippen LogP contribution in [0.3, 0.4) is 0 Å². The van der Waals surface area contributed by atoms with Crippen LogP contribution in [-0.4, -0.2) is 23.4 Å². The summed E-state index contributed by atoms with van der Waals surface area (Å²) >= 11 is 0. The molecule has 2 nitrogen and oxygen atoms in total. The molecule has 3 rings (SSSR count). The predicted molar refractivity (Wildman–Crippen MR) is 53.6 cm³/mol. The number of rotatable bonds is 2. The zero-order valence-electron chi connectivity index (χ0n) is 8.24. The highest BCUT2D eigenvalue weighted by molar-refractivity contribution is 5.47. The predicted octanol–water partition coefficient (Wildman–Crippen LogP) is 1.25. The van der Waals surface area contributed by atoms with E-state index in [0.29, 0.717) is 0 Å². The molecule has 2 unspecified atom stereocenters. The van der Waals surface area contributed by atoms with Crippen molar-refractivity contribution in [2.24, 2.45) is 16.2 Å². The molecule has 0 amide bonds. The Morgan fingerprint density at radius 3 is 1.86 bits per heavy atom. The van der Waals surface area contributed by atoms with E-state index in [1.165, 1.54) is 6.42 Å². The molecule has 2 fully saturated rings. The molecule has 0 spiro atoms. The standard InChI is InChI=1S/C12H16O2/c13-8-12(9-14)10-4-1-2-5-11(10,12)7-3-6-10/h1-2,4-5,13-14H,3,6-9H2. The quantitative estimate of drug-likeness (QED) is 0.691. The molecule has 3 aliphatic carbocycles. The van der Waals surface area contributed by atoms with Crippen molar-refractivity contribution < 1.29 is 10.2 Å². The number of aliphatic hydroxyl groups is 2. The maximum atomic E-state index is 9.56. The smallest absolute Gasteiger partial charge is 0.0526 e. The topological polar surface area (TPSA) is 40.5 Å². The minimum absolute atomic E-state index is 0.0816. The summed E-state index contributed by atoms with van der Waals surface area (Å²) < 4.78 is 0. The van der Waals surface area contributed by atoms with E-state index in [-0.39, 0.29) is 29.5 Å². The minimum Gasteiger partial charge on any atom is -0.396 e. The monoisotopic (exact) mass is 192 g/mol. The highest BCUT2D eigenvalue weighted by atomic mass is 16.3. The van der Waals surface area contributed by atoms with Gasteiger partial charge in [0.1, 0.15) is 0 Å². The van der Waals surface area contributed by atoms with Crippen LogP contribution in [-0.2, 0) is 0 Å². The zero-order valence-corrected chi connectivity index (χ0v) is 8.24. The average molecular weight is 192 g/mol. The third-order valence-corrected chi connectivity index (χ3v) is 5.00. The van der Waals surface area contributed by atoms with Crippen LogP contribution in [0.4, 0.5) is 0 Å². The number of aliphatic hydroxyl groups excluding tert-OH is 2. The van der Waals surface area contributed by atoms with Gasteiger partial charge in [0.2, 0.25) is 0 Å². The molecule has 0 aromatic rings. The van der Waals surface area contributed by atoms with Crippen LogP contribution in [0.1, 0.15) is 19.3 Å². The summed E-state index contributed by atoms with van der Waals surface area (Å²) in [6, 6.07) is 0. The first kappa shape index (κ1) is 8.69. The molecule has 0 radical (unpaired) electrons. The van der Waals surface area contributed by atoms with Gasteiger partial charge in [0.05, 0.1) is 13.2 Å². The van der Waals surface area contributed by atoms with Crippen LogP contribution in [0.15, 0.2) is 24.3 Å². The van der Waals surface area contributed by atoms with Crippen molar-refractivity contribution in [2.75, 3.05) is 13.2 Å². The molecule has 2 heteroatoms. The van der Waals surface area contributed by atoms with Crippen molar-refractivity contribution >= 4 is 0 Å². The van der Waals surface area contributed by atoms with Gasteiger partial charge in [-0.05, 0) is 12.8 Å². The minimum atomic E-state index is -0.262. The second kappa shape index (κ2) is 2.31. The van der Waals surface area contributed by atoms with Crippen molar-refractivity contribution in [3.63, 3.8) is 0 Å². The Morgan fingerprint density at radius 2 is 1.43 bits per heavy atom. The van der Waals surface area contributed by atoms with Gasteiger partial charge in [0.25, 0.3) is 0 Å². The highest BCUT2D eigenvalue weighted by Gasteiger charge is 2.85. The molecular weight excluding hydrogens is 176 g/mol. The van der Waals surface area contributed by atoms with E-state index in [0.717, 1.165) is 12.8 Å². The van der Waals surface area contributed by atoms with Gasteiger partial charge >= 0.3 is 0 Å². The second-order valence-corrected chi connectivity index (χ2v) is 4.91. The summed E-state index contributed by atoms with van der Waals surface area (Å²) in [6.45, 7) is 0.219. The maximum absolute atomic E-state index is 9.56. The zero-order chi connectivity index (χ0) is 9.86. The van der Waals surface area contributed by atoms with E-state index in [1.807, 2.05) is 0 Å². The fourth-order valence-electron chi connectivity index (χ4n) is 4.32. The lowest BCUT2D eigenvalue weighted by Crippen LogP contribution is -2.24. The van der Waals surface area contributed by atoms with Gasteiger partial charge in [-0.2, -0.15) is 0 Å². The molecule has 14 heavy (non-hydrogen) atoms. The molecule has 2 atom stereocenters. The van der Waals surface area contributed by atoms with Gasteiger partial charge in [-0.25, -0.2) is 0 Å². The maximum Gasteiger partial charge on any atom is 0.0526 e. The van der Waals surface area contributed by atoms with Gasteiger partial charge in [0, 0.05) is 16.2 Å². The van der Waals surface area contributed by atoms with Crippen molar-refractivity contribution in [2.45, 2.75) is 19.3 Å². The van der Waals surface area contributed by atoms with Crippen LogP contribution in [0, 0.1) is 16.2 Å². The Bertz CT molecular complexity index is 299. The Morgan fingerprint density at radius 1 is 0.929 bits per heavy atom. The van der Waals surface area contributed by atoms with E-state index in [1.54, 1.807) is 0 Å². The Balaban J connectivity index is 2.14. The Labute approximate surface area is 83.9 Å². The van der Waals surface area contributed by atoms with Gasteiger partial charge in [-0.15, -0.1) is 0 Å². The molecular formula is C12H16O2. The summed E-state index contributed by atoms with van der Waals surface area (Å²) in [6.07, 6.45) is 12.0. The van der Waals surface area contributed by atoms with Crippen LogP contribution in [0.5, 0.6) is 0 Å². The Kier molecular flexibility index (Phi) is 1.43. The van der Waals surface area contributed by atoms with Gasteiger partial charge in [-0.3, -0.25) is 0 Å². The molecule has 76 valence electrons. The third kappa shape index (κ3) is 0.549. The highest BCUT2D eigenvalue weighted by Crippen LogP contribution is 2.87. The van der Waals surface area contributed by atoms with Crippen molar-refractivity contribution in [1.29, 1.82) is 0 Å². The molecule has 0 heterocycles. The number of allylic oxidation sites excluding steroid dienone is 4. The fourth-order valence-corrected chi connectivity index (χ4v) is 4.32. The molecule has 0 aromatic carbocycles. The molecule has 0 saturated heterocycles. The summed E-state index contributed by atoms with van der Waals surface area (Å²) in [5.41, 5.74) is -0.0990. The van der Waals surface area contributed by atoms with E-state index in [2.05, 4.69) is 24.3 Å². The van der Waals surface area contributed by atoms with Gasteiger partial charge in [-0.1, -0.05) is 30.7 Å². The first-order valence-electron chi connectivity index (χ1n) is 5.37. The van der Waals surface area contributed by atoms with Crippen LogP contribution in [0.2, 0.25) is 0 Å². The second-order valence-electron chi connectivity index (χ2n) is 4.91. The normalized spacial score (nSPS) is 46.1. The SMILES string of the molecule is OCC1(CO)C23C=CC=CC21CCC3. The summed E-state index contributed by atoms with van der Waals surface area (Å²) in [7, 11) is 0. The first-order chi connectivity index (χ1) is 6.79. The molecule has 3 aliphatic rings. The number of hydrogen-bond acceptors (Lipinski definition) is 2. The van der Waals surface area contributed by atoms with Crippen molar-refractivity contribution in [3.05, 3.63) is 24.3 Å². The van der Waals surface area contributed by atoms with E-state index >= 15 is 0 Å². The molecule has 0 aromatic heterocycles. The van der Waals surface area contributed by atoms with Gasteiger partial charge in [0.15, 0.2) is 0 Å². The van der Waals surface area contributed by atoms with E-state index in [4.69, 9.17) is 0 Å². The van der Waals surface area contributed by atoms with Crippen molar-refractivity contribution in [3.8, 4) is 0 Å². The molecule has 0 bridgehead atoms. The first-order valence-corrected chi connectivity index (χ1v) is 5.37. The van der Waals surface area contributed by atoms with E-state index < -0.39 is 0 Å². The van der Waals surface area contributed by atoms with Crippen LogP contribution >= 0.6 is 0 Å². The third-order valence-electron chi connectivity index (χ3n) is 5.00. The summed E-state index contributed by atoms with van der Waals surface area (Å²) in [5, 5.41) is 19.1. The van der Waals surface area contributed by atoms with E-state index in [9.17, 15) is 10.2 Å². The van der Waals surface area contributed by atoms with Crippen LogP contribution in [0.25, 0.3) is 0 Å². The largest absolute Gasteiger partial charge is 0.396 e. The summed E-state index contributed by atoms with van der Waals surface area (Å²) in [5.74, 6) is 0. The summed E-state index contributed by atoms with van der Waals surface area (Å²) in [4.78, 5) is 0. The lowest BCUT2D eigenvalue weighted by Gasteiger charge is -2.20. The lowest BCUT2D eigenvalue weighted by molar-refractivity contribution is 0.0859. The number of hydrogen-bond donors (Lipinski definition) is 2. The Hall–Kier alpha value is -0.600. The lowest BCUT2D eigenvalue weighted by atomic mass is 9.88. The van der Waals surface area contributed by atoms with Crippen molar-refractivity contribution in [1.82, 2.24) is 0 Å². The molecule has 2 N–H and O–H groups in total.